The van der Waals surface area contributed by atoms with Crippen LogP contribution in [-0.4, -0.2) is 97.9 Å². The first-order chi connectivity index (χ1) is 27.0. The number of benzene rings is 1. The summed E-state index contributed by atoms with van der Waals surface area (Å²) >= 11 is 0. The minimum atomic E-state index is -1.02. The van der Waals surface area contributed by atoms with Crippen molar-refractivity contribution in [2.24, 2.45) is 23.7 Å². The van der Waals surface area contributed by atoms with Gasteiger partial charge in [0.15, 0.2) is 0 Å². The average Bonchev–Trinajstić information content (AvgIpc) is 3.77. The maximum Gasteiger partial charge on any atom is 0.289 e. The van der Waals surface area contributed by atoms with Crippen LogP contribution in [0.4, 0.5) is 0 Å². The van der Waals surface area contributed by atoms with Gasteiger partial charge in [0.2, 0.25) is 23.5 Å². The van der Waals surface area contributed by atoms with Crippen molar-refractivity contribution in [1.29, 1.82) is 0 Å². The summed E-state index contributed by atoms with van der Waals surface area (Å²) in [5.74, 6) is -2.94. The van der Waals surface area contributed by atoms with Crippen LogP contribution in [-0.2, 0) is 36.8 Å². The molecule has 2 aromatic rings. The lowest BCUT2D eigenvalue weighted by Crippen LogP contribution is -2.83. The lowest BCUT2D eigenvalue weighted by atomic mass is 9.66. The maximum atomic E-state index is 15.5. The third-order valence-electron chi connectivity index (χ3n) is 12.7. The van der Waals surface area contributed by atoms with Crippen molar-refractivity contribution in [2.75, 3.05) is 13.1 Å². The molecule has 5 amide bonds. The zero-order chi connectivity index (χ0) is 39.6. The Balaban J connectivity index is 1.21. The molecule has 298 valence electrons. The second-order valence-corrected chi connectivity index (χ2v) is 17.0. The molecular weight excluding hydrogens is 711 g/mol. The van der Waals surface area contributed by atoms with Crippen LogP contribution in [0.3, 0.4) is 0 Å². The summed E-state index contributed by atoms with van der Waals surface area (Å²) in [6, 6.07) is 4.52. The van der Waals surface area contributed by atoms with Gasteiger partial charge in [0.1, 0.15) is 23.8 Å². The van der Waals surface area contributed by atoms with Crippen LogP contribution in [0.15, 0.2) is 55.5 Å². The summed E-state index contributed by atoms with van der Waals surface area (Å²) in [7, 11) is 0. The normalized spacial score (nSPS) is 23.9. The summed E-state index contributed by atoms with van der Waals surface area (Å²) < 4.78 is 0. The van der Waals surface area contributed by atoms with Gasteiger partial charge in [0.25, 0.3) is 11.8 Å². The molecule has 3 N–H and O–H groups in total. The Morgan fingerprint density at radius 3 is 2.32 bits per heavy atom. The quantitative estimate of drug-likeness (QED) is 0.141. The Bertz CT molecular complexity index is 1820. The summed E-state index contributed by atoms with van der Waals surface area (Å²) in [6.07, 6.45) is 14.4. The minimum absolute atomic E-state index is 0.113. The molecule has 1 unspecified atom stereocenters. The molecule has 5 aliphatic rings. The summed E-state index contributed by atoms with van der Waals surface area (Å²) in [6.45, 7) is 8.24. The third kappa shape index (κ3) is 7.86. The average molecular weight is 766 g/mol. The SMILES string of the molecule is C=CCNC(=O)C(=O)C(CC1CC1)NC(=O)[C@@H]1[C@@H](CC(C)C)CCN1C(=O)[C@H](C1Cc2ccccc2C1)N1C(=O)[C@@H](NC(=O)c2cnccn2)C12CCCCC2. The molecular formula is C43H55N7O6. The van der Waals surface area contributed by atoms with Gasteiger partial charge >= 0.3 is 0 Å². The molecule has 2 saturated heterocycles. The highest BCUT2D eigenvalue weighted by atomic mass is 16.2. The van der Waals surface area contributed by atoms with E-state index < -0.39 is 53.2 Å². The predicted molar refractivity (Wildman–Crippen MR) is 208 cm³/mol. The second-order valence-electron chi connectivity index (χ2n) is 17.0. The van der Waals surface area contributed by atoms with Crippen molar-refractivity contribution >= 4 is 35.3 Å². The molecule has 7 rings (SSSR count). The van der Waals surface area contributed by atoms with Gasteiger partial charge in [-0.2, -0.15) is 0 Å². The number of rotatable bonds is 15. The fraction of sp³-hybridized carbons (Fsp3) is 0.581. The molecule has 1 aromatic carbocycles. The molecule has 13 nitrogen and oxygen atoms in total. The van der Waals surface area contributed by atoms with Gasteiger partial charge in [-0.3, -0.25) is 33.8 Å². The Kier molecular flexibility index (Phi) is 11.7. The first-order valence-electron chi connectivity index (χ1n) is 20.5. The minimum Gasteiger partial charge on any atom is -0.346 e. The van der Waals surface area contributed by atoms with E-state index in [-0.39, 0.29) is 47.7 Å². The molecule has 0 bridgehead atoms. The lowest BCUT2D eigenvalue weighted by Gasteiger charge is -2.62. The van der Waals surface area contributed by atoms with E-state index >= 15 is 4.79 Å². The van der Waals surface area contributed by atoms with Crippen molar-refractivity contribution in [3.8, 4) is 0 Å². The number of carbonyl (C=O) groups excluding carboxylic acids is 6. The molecule has 4 fully saturated rings. The van der Waals surface area contributed by atoms with Crippen LogP contribution in [0.25, 0.3) is 0 Å². The molecule has 2 saturated carbocycles. The van der Waals surface area contributed by atoms with Crippen LogP contribution in [0, 0.1) is 23.7 Å². The number of hydrogen-bond donors (Lipinski definition) is 3. The lowest BCUT2D eigenvalue weighted by molar-refractivity contribution is -0.183. The number of β-lactam (4-membered cyclic amide) rings is 1. The maximum absolute atomic E-state index is 15.5. The van der Waals surface area contributed by atoms with Crippen LogP contribution in [0.2, 0.25) is 0 Å². The van der Waals surface area contributed by atoms with Crippen molar-refractivity contribution in [3.63, 3.8) is 0 Å². The summed E-state index contributed by atoms with van der Waals surface area (Å²) in [4.78, 5) is 96.1. The number of amides is 5. The Morgan fingerprint density at radius 1 is 0.982 bits per heavy atom. The van der Waals surface area contributed by atoms with Gasteiger partial charge in [0.05, 0.1) is 17.8 Å². The zero-order valence-electron chi connectivity index (χ0n) is 32.6. The first-order valence-corrected chi connectivity index (χ1v) is 20.5. The second kappa shape index (κ2) is 16.7. The van der Waals surface area contributed by atoms with Gasteiger partial charge in [-0.05, 0) is 79.7 Å². The van der Waals surface area contributed by atoms with E-state index in [1.165, 1.54) is 24.7 Å². The van der Waals surface area contributed by atoms with E-state index in [0.29, 0.717) is 51.5 Å². The van der Waals surface area contributed by atoms with E-state index in [1.807, 2.05) is 12.1 Å². The van der Waals surface area contributed by atoms with E-state index in [4.69, 9.17) is 0 Å². The number of likely N-dealkylation sites (tertiary alicyclic amines) is 2. The topological polar surface area (TPSA) is 171 Å². The predicted octanol–water partition coefficient (Wildman–Crippen LogP) is 3.32. The number of hydrogen-bond acceptors (Lipinski definition) is 8. The Hall–Kier alpha value is -4.94. The number of carbonyl (C=O) groups is 6. The third-order valence-corrected chi connectivity index (χ3v) is 12.7. The van der Waals surface area contributed by atoms with Crippen molar-refractivity contribution in [2.45, 2.75) is 121 Å². The Morgan fingerprint density at radius 2 is 1.70 bits per heavy atom. The number of fused-ring (bicyclic) bond motifs is 1. The smallest absolute Gasteiger partial charge is 0.289 e. The highest BCUT2D eigenvalue weighted by molar-refractivity contribution is 6.38. The van der Waals surface area contributed by atoms with Crippen molar-refractivity contribution in [3.05, 3.63) is 72.3 Å². The fourth-order valence-electron chi connectivity index (χ4n) is 9.99. The monoisotopic (exact) mass is 765 g/mol. The van der Waals surface area contributed by atoms with Crippen LogP contribution >= 0.6 is 0 Å². The molecule has 2 aliphatic heterocycles. The van der Waals surface area contributed by atoms with E-state index in [1.54, 1.807) is 9.80 Å². The molecule has 5 atom stereocenters. The summed E-state index contributed by atoms with van der Waals surface area (Å²) in [5, 5.41) is 8.49. The van der Waals surface area contributed by atoms with Crippen molar-refractivity contribution < 1.29 is 28.8 Å². The molecule has 1 aromatic heterocycles. The van der Waals surface area contributed by atoms with Crippen LogP contribution in [0.1, 0.15) is 99.7 Å². The molecule has 0 radical (unpaired) electrons. The van der Waals surface area contributed by atoms with Crippen LogP contribution in [0.5, 0.6) is 0 Å². The van der Waals surface area contributed by atoms with Gasteiger partial charge in [-0.1, -0.05) is 76.3 Å². The number of nitrogens with zero attached hydrogens (tertiary/aromatic N) is 4. The largest absolute Gasteiger partial charge is 0.346 e. The van der Waals surface area contributed by atoms with E-state index in [2.05, 4.69) is 58.5 Å². The molecule has 1 spiro atoms. The Labute approximate surface area is 328 Å². The standard InChI is InChI=1S/C43H55N7O6/c1-4-17-46-40(54)36(51)32(22-27-12-13-27)47-39(53)34-30(21-26(2)3)14-20-49(34)41(55)35(31-23-28-10-6-7-11-29(28)24-31)50-42(56)37(43(50)15-8-5-9-16-43)48-38(52)33-25-44-18-19-45-33/h4,6-7,10-11,18-19,25-27,30-32,34-35,37H,1,5,8-9,12-17,20-24H2,2-3H3,(H,46,54)(H,47,53)(H,48,52)/t30-,32?,34+,35+,37-/m1/s1. The number of Topliss-reactive ketones (excluding diaryl/α,β-unsaturated/α-hetero) is 1. The zero-order valence-corrected chi connectivity index (χ0v) is 32.6. The number of ketones is 1. The van der Waals surface area contributed by atoms with Gasteiger partial charge in [-0.15, -0.1) is 6.58 Å². The summed E-state index contributed by atoms with van der Waals surface area (Å²) in [5.41, 5.74) is 1.61. The number of aromatic nitrogens is 2. The van der Waals surface area contributed by atoms with E-state index in [0.717, 1.165) is 43.2 Å². The van der Waals surface area contributed by atoms with E-state index in [9.17, 15) is 24.0 Å². The van der Waals surface area contributed by atoms with Crippen LogP contribution < -0.4 is 16.0 Å². The highest BCUT2D eigenvalue weighted by Gasteiger charge is 2.65. The van der Waals surface area contributed by atoms with Gasteiger partial charge < -0.3 is 25.8 Å². The van der Waals surface area contributed by atoms with Gasteiger partial charge in [0, 0.05) is 25.5 Å². The molecule has 13 heteroatoms. The molecule has 3 aliphatic carbocycles. The molecule has 56 heavy (non-hydrogen) atoms. The van der Waals surface area contributed by atoms with Crippen molar-refractivity contribution in [1.82, 2.24) is 35.7 Å². The fourth-order valence-corrected chi connectivity index (χ4v) is 9.99. The molecule has 3 heterocycles. The number of nitrogens with one attached hydrogen (secondary N) is 3. The van der Waals surface area contributed by atoms with Gasteiger partial charge in [-0.25, -0.2) is 4.98 Å². The first kappa shape index (κ1) is 39.3. The highest BCUT2D eigenvalue weighted by Crippen LogP contribution is 2.49.